The molecule has 2 aromatic rings. The molecule has 0 aliphatic carbocycles. The van der Waals surface area contributed by atoms with Crippen molar-refractivity contribution in [1.29, 1.82) is 0 Å². The summed E-state index contributed by atoms with van der Waals surface area (Å²) in [6.45, 7) is 1.42. The molecule has 0 spiro atoms. The molecule has 138 valence electrons. The number of hydrogen-bond acceptors (Lipinski definition) is 5. The lowest BCUT2D eigenvalue weighted by Gasteiger charge is -2.22. The van der Waals surface area contributed by atoms with Crippen molar-refractivity contribution in [2.45, 2.75) is 12.5 Å². The van der Waals surface area contributed by atoms with Crippen molar-refractivity contribution in [2.75, 3.05) is 0 Å². The van der Waals surface area contributed by atoms with Crippen LogP contribution in [0.5, 0.6) is 0 Å². The molecule has 1 aliphatic rings. The molecule has 0 radical (unpaired) electrons. The minimum Gasteiger partial charge on any atom is -0.318 e. The number of nitro benzene ring substituents is 1. The van der Waals surface area contributed by atoms with Gasteiger partial charge in [-0.25, -0.2) is 9.18 Å². The van der Waals surface area contributed by atoms with Crippen molar-refractivity contribution in [3.8, 4) is 0 Å². The second kappa shape index (κ2) is 6.48. The molecule has 2 N–H and O–H groups in total. The Balaban J connectivity index is 1.82. The van der Waals surface area contributed by atoms with Crippen LogP contribution in [0.15, 0.2) is 48.5 Å². The number of imide groups is 1. The first-order valence-electron chi connectivity index (χ1n) is 7.70. The van der Waals surface area contributed by atoms with Gasteiger partial charge in [0.05, 0.1) is 4.92 Å². The highest BCUT2D eigenvalue weighted by Gasteiger charge is 2.50. The van der Waals surface area contributed by atoms with Crippen LogP contribution in [0.25, 0.3) is 0 Å². The zero-order chi connectivity index (χ0) is 19.8. The van der Waals surface area contributed by atoms with Crippen LogP contribution in [0, 0.1) is 15.9 Å². The number of nitrogens with one attached hydrogen (secondary N) is 2. The number of hydrogen-bond donors (Lipinski definition) is 2. The maximum absolute atomic E-state index is 12.9. The van der Waals surface area contributed by atoms with E-state index in [1.807, 2.05) is 0 Å². The maximum Gasteiger partial charge on any atom is 0.344 e. The van der Waals surface area contributed by atoms with Gasteiger partial charge < -0.3 is 5.32 Å². The Hall–Kier alpha value is -3.82. The number of carbonyl (C=O) groups excluding carboxylic acids is 3. The first-order chi connectivity index (χ1) is 12.7. The molecule has 3 rings (SSSR count). The lowest BCUT2D eigenvalue weighted by atomic mass is 9.92. The number of urea groups is 1. The number of nitro groups is 1. The van der Waals surface area contributed by atoms with E-state index in [4.69, 9.17) is 0 Å². The fourth-order valence-corrected chi connectivity index (χ4v) is 2.62. The van der Waals surface area contributed by atoms with E-state index in [1.54, 1.807) is 0 Å². The van der Waals surface area contributed by atoms with Gasteiger partial charge >= 0.3 is 6.03 Å². The zero-order valence-corrected chi connectivity index (χ0v) is 13.9. The lowest BCUT2D eigenvalue weighted by molar-refractivity contribution is -0.384. The summed E-state index contributed by atoms with van der Waals surface area (Å²) in [6.07, 6.45) is 0. The highest BCUT2D eigenvalue weighted by Crippen LogP contribution is 2.29. The van der Waals surface area contributed by atoms with Crippen molar-refractivity contribution in [3.05, 3.63) is 75.6 Å². The van der Waals surface area contributed by atoms with Crippen molar-refractivity contribution in [3.63, 3.8) is 0 Å². The molecule has 1 fully saturated rings. The Morgan fingerprint density at radius 3 is 2.30 bits per heavy atom. The van der Waals surface area contributed by atoms with Crippen LogP contribution in [0.4, 0.5) is 14.9 Å². The SMILES string of the molecule is C[C@@]1(c2ccc([N+](=O)[O-])cc2)NC(=O)N(NC(=O)c2ccc(F)cc2)C1=O. The molecule has 1 saturated heterocycles. The van der Waals surface area contributed by atoms with Gasteiger partial charge in [-0.2, -0.15) is 5.01 Å². The van der Waals surface area contributed by atoms with Crippen molar-refractivity contribution in [1.82, 2.24) is 15.8 Å². The molecule has 1 atom stereocenters. The van der Waals surface area contributed by atoms with E-state index in [2.05, 4.69) is 10.7 Å². The van der Waals surface area contributed by atoms with Crippen LogP contribution in [0.2, 0.25) is 0 Å². The van der Waals surface area contributed by atoms with Gasteiger partial charge in [-0.05, 0) is 48.9 Å². The largest absolute Gasteiger partial charge is 0.344 e. The van der Waals surface area contributed by atoms with Crippen LogP contribution in [-0.4, -0.2) is 27.8 Å². The molecule has 0 bridgehead atoms. The summed E-state index contributed by atoms with van der Waals surface area (Å²) in [6, 6.07) is 8.81. The van der Waals surface area contributed by atoms with Crippen molar-refractivity contribution < 1.29 is 23.7 Å². The van der Waals surface area contributed by atoms with Crippen LogP contribution in [-0.2, 0) is 10.3 Å². The minimum atomic E-state index is -1.51. The van der Waals surface area contributed by atoms with E-state index in [0.29, 0.717) is 10.6 Å². The van der Waals surface area contributed by atoms with E-state index in [-0.39, 0.29) is 11.3 Å². The van der Waals surface area contributed by atoms with Crippen LogP contribution in [0.1, 0.15) is 22.8 Å². The number of carbonyl (C=O) groups is 3. The summed E-state index contributed by atoms with van der Waals surface area (Å²) in [4.78, 5) is 47.2. The molecule has 2 aromatic carbocycles. The molecular weight excluding hydrogens is 359 g/mol. The van der Waals surface area contributed by atoms with Crippen LogP contribution >= 0.6 is 0 Å². The van der Waals surface area contributed by atoms with Gasteiger partial charge in [0.1, 0.15) is 11.4 Å². The third-order valence-corrected chi connectivity index (χ3v) is 4.17. The van der Waals surface area contributed by atoms with Gasteiger partial charge in [-0.3, -0.25) is 25.1 Å². The molecular formula is C17H13FN4O5. The van der Waals surface area contributed by atoms with Gasteiger partial charge in [0.25, 0.3) is 17.5 Å². The van der Waals surface area contributed by atoms with E-state index >= 15 is 0 Å². The van der Waals surface area contributed by atoms with Gasteiger partial charge in [0, 0.05) is 17.7 Å². The monoisotopic (exact) mass is 372 g/mol. The molecule has 9 nitrogen and oxygen atoms in total. The normalized spacial score (nSPS) is 19.0. The fraction of sp³-hybridized carbons (Fsp3) is 0.118. The zero-order valence-electron chi connectivity index (χ0n) is 13.9. The summed E-state index contributed by atoms with van der Waals surface area (Å²) in [7, 11) is 0. The number of hydrazine groups is 1. The molecule has 0 aromatic heterocycles. The summed E-state index contributed by atoms with van der Waals surface area (Å²) in [5.41, 5.74) is 0.860. The molecule has 0 saturated carbocycles. The Labute approximate surface area is 151 Å². The lowest BCUT2D eigenvalue weighted by Crippen LogP contribution is -2.47. The van der Waals surface area contributed by atoms with Gasteiger partial charge in [0.2, 0.25) is 0 Å². The van der Waals surface area contributed by atoms with Crippen LogP contribution < -0.4 is 10.7 Å². The average Bonchev–Trinajstić information content (AvgIpc) is 2.86. The van der Waals surface area contributed by atoms with E-state index in [9.17, 15) is 28.9 Å². The average molecular weight is 372 g/mol. The Bertz CT molecular complexity index is 945. The summed E-state index contributed by atoms with van der Waals surface area (Å²) >= 11 is 0. The quantitative estimate of drug-likeness (QED) is 0.482. The molecule has 0 unspecified atom stereocenters. The topological polar surface area (TPSA) is 122 Å². The number of non-ortho nitro benzene ring substituents is 1. The highest BCUT2D eigenvalue weighted by molar-refractivity contribution is 6.09. The predicted molar refractivity (Wildman–Crippen MR) is 89.7 cm³/mol. The number of amides is 4. The van der Waals surface area contributed by atoms with Crippen molar-refractivity contribution >= 4 is 23.5 Å². The standard InChI is InChI=1S/C17H13FN4O5/c1-17(11-4-8-13(9-5-11)22(26)27)15(24)21(16(25)19-17)20-14(23)10-2-6-12(18)7-3-10/h2-9H,1H3,(H,19,25)(H,20,23)/t17-/m0/s1. The summed E-state index contributed by atoms with van der Waals surface area (Å²) < 4.78 is 12.9. The number of rotatable bonds is 4. The number of halogens is 1. The first-order valence-corrected chi connectivity index (χ1v) is 7.70. The van der Waals surface area contributed by atoms with Gasteiger partial charge in [-0.1, -0.05) is 0 Å². The smallest absolute Gasteiger partial charge is 0.318 e. The molecule has 4 amide bonds. The molecule has 27 heavy (non-hydrogen) atoms. The van der Waals surface area contributed by atoms with E-state index < -0.39 is 34.1 Å². The second-order valence-electron chi connectivity index (χ2n) is 5.95. The molecule has 10 heteroatoms. The molecule has 1 heterocycles. The van der Waals surface area contributed by atoms with Gasteiger partial charge in [0.15, 0.2) is 0 Å². The van der Waals surface area contributed by atoms with Crippen molar-refractivity contribution in [2.24, 2.45) is 0 Å². The van der Waals surface area contributed by atoms with E-state index in [1.165, 1.54) is 43.3 Å². The Morgan fingerprint density at radius 1 is 1.15 bits per heavy atom. The fourth-order valence-electron chi connectivity index (χ4n) is 2.62. The Kier molecular flexibility index (Phi) is 4.32. The number of benzene rings is 2. The third kappa shape index (κ3) is 3.19. The molecule has 1 aliphatic heterocycles. The third-order valence-electron chi connectivity index (χ3n) is 4.17. The highest BCUT2D eigenvalue weighted by atomic mass is 19.1. The summed E-state index contributed by atoms with van der Waals surface area (Å²) in [5.74, 6) is -2.07. The first kappa shape index (κ1) is 18.0. The second-order valence-corrected chi connectivity index (χ2v) is 5.95. The summed E-state index contributed by atoms with van der Waals surface area (Å²) in [5, 5.41) is 13.7. The minimum absolute atomic E-state index is 0.0564. The Morgan fingerprint density at radius 2 is 1.74 bits per heavy atom. The predicted octanol–water partition coefficient (Wildman–Crippen LogP) is 1.85. The maximum atomic E-state index is 12.9. The van der Waals surface area contributed by atoms with Gasteiger partial charge in [-0.15, -0.1) is 0 Å². The van der Waals surface area contributed by atoms with Crippen LogP contribution in [0.3, 0.4) is 0 Å². The number of nitrogens with zero attached hydrogens (tertiary/aromatic N) is 2. The van der Waals surface area contributed by atoms with E-state index in [0.717, 1.165) is 12.1 Å².